The molecule has 0 aromatic heterocycles. The van der Waals surface area contributed by atoms with Crippen LogP contribution in [-0.2, 0) is 0 Å². The Bertz CT molecular complexity index is 195. The summed E-state index contributed by atoms with van der Waals surface area (Å²) in [4.78, 5) is 0. The van der Waals surface area contributed by atoms with Crippen molar-refractivity contribution in [3.63, 3.8) is 0 Å². The van der Waals surface area contributed by atoms with E-state index in [1.54, 1.807) is 0 Å². The van der Waals surface area contributed by atoms with Crippen molar-refractivity contribution in [3.05, 3.63) is 11.1 Å². The van der Waals surface area contributed by atoms with Crippen LogP contribution in [0.4, 0.5) is 0 Å². The highest BCUT2D eigenvalue weighted by Gasteiger charge is 2.07. The van der Waals surface area contributed by atoms with E-state index in [2.05, 4.69) is 21.9 Å². The summed E-state index contributed by atoms with van der Waals surface area (Å²) in [7, 11) is 0. The molecule has 0 heterocycles. The predicted molar refractivity (Wildman–Crippen MR) is 52.7 cm³/mol. The summed E-state index contributed by atoms with van der Waals surface area (Å²) in [6.07, 6.45) is 11.7. The van der Waals surface area contributed by atoms with Gasteiger partial charge in [-0.1, -0.05) is 28.3 Å². The van der Waals surface area contributed by atoms with Crippen molar-refractivity contribution in [3.8, 4) is 12.3 Å². The van der Waals surface area contributed by atoms with Crippen LogP contribution in [0.1, 0.15) is 32.1 Å². The fourth-order valence-electron chi connectivity index (χ4n) is 1.47. The van der Waals surface area contributed by atoms with Crippen LogP contribution in [-0.4, -0.2) is 5.33 Å². The Hall–Kier alpha value is -0.220. The number of rotatable bonds is 1. The van der Waals surface area contributed by atoms with Gasteiger partial charge in [0.05, 0.1) is 0 Å². The van der Waals surface area contributed by atoms with Gasteiger partial charge in [0.25, 0.3) is 0 Å². The second-order valence-electron chi connectivity index (χ2n) is 2.92. The fourth-order valence-corrected chi connectivity index (χ4v) is 2.09. The first-order chi connectivity index (χ1) is 5.38. The van der Waals surface area contributed by atoms with Crippen LogP contribution in [0.5, 0.6) is 0 Å². The van der Waals surface area contributed by atoms with Gasteiger partial charge in [0.1, 0.15) is 0 Å². The molecular weight excluding hydrogens is 200 g/mol. The third-order valence-electron chi connectivity index (χ3n) is 2.17. The third kappa shape index (κ3) is 2.38. The first-order valence-electron chi connectivity index (χ1n) is 4.12. The van der Waals surface area contributed by atoms with Crippen LogP contribution in [0, 0.1) is 12.3 Å². The van der Waals surface area contributed by atoms with E-state index < -0.39 is 0 Å². The van der Waals surface area contributed by atoms with E-state index >= 15 is 0 Å². The summed E-state index contributed by atoms with van der Waals surface area (Å²) >= 11 is 3.47. The average molecular weight is 213 g/mol. The summed E-state index contributed by atoms with van der Waals surface area (Å²) in [5, 5.41) is 0.965. The van der Waals surface area contributed by atoms with Crippen LogP contribution in [0.3, 0.4) is 0 Å². The fraction of sp³-hybridized carbons (Fsp3) is 0.600. The van der Waals surface area contributed by atoms with Gasteiger partial charge >= 0.3 is 0 Å². The Morgan fingerprint density at radius 1 is 1.27 bits per heavy atom. The van der Waals surface area contributed by atoms with Gasteiger partial charge in [0.2, 0.25) is 0 Å². The molecule has 0 bridgehead atoms. The zero-order valence-corrected chi connectivity index (χ0v) is 8.28. The lowest BCUT2D eigenvalue weighted by molar-refractivity contribution is 0.709. The van der Waals surface area contributed by atoms with Crippen LogP contribution < -0.4 is 0 Å². The molecule has 0 unspecified atom stereocenters. The van der Waals surface area contributed by atoms with Gasteiger partial charge in [-0.05, 0) is 31.3 Å². The topological polar surface area (TPSA) is 0 Å². The molecule has 1 heteroatoms. The van der Waals surface area contributed by atoms with Crippen LogP contribution >= 0.6 is 15.9 Å². The molecule has 11 heavy (non-hydrogen) atoms. The zero-order chi connectivity index (χ0) is 8.10. The Morgan fingerprint density at radius 2 is 2.00 bits per heavy atom. The van der Waals surface area contributed by atoms with E-state index in [-0.39, 0.29) is 0 Å². The maximum atomic E-state index is 5.41. The lowest BCUT2D eigenvalue weighted by atomic mass is 10.1. The molecular formula is C10H13Br. The average Bonchev–Trinajstić information content (AvgIpc) is 2.27. The van der Waals surface area contributed by atoms with E-state index in [4.69, 9.17) is 6.42 Å². The number of hydrogen-bond donors (Lipinski definition) is 0. The molecule has 0 nitrogen and oxygen atoms in total. The van der Waals surface area contributed by atoms with Gasteiger partial charge in [0, 0.05) is 10.9 Å². The van der Waals surface area contributed by atoms with Crippen molar-refractivity contribution in [2.45, 2.75) is 32.1 Å². The lowest BCUT2D eigenvalue weighted by Crippen LogP contribution is -1.88. The summed E-state index contributed by atoms with van der Waals surface area (Å²) in [6, 6.07) is 0. The maximum absolute atomic E-state index is 5.41. The van der Waals surface area contributed by atoms with Crippen molar-refractivity contribution in [2.75, 3.05) is 5.33 Å². The quantitative estimate of drug-likeness (QED) is 0.463. The van der Waals surface area contributed by atoms with Gasteiger partial charge < -0.3 is 0 Å². The number of hydrogen-bond acceptors (Lipinski definition) is 0. The number of alkyl halides is 1. The van der Waals surface area contributed by atoms with E-state index in [9.17, 15) is 0 Å². The van der Waals surface area contributed by atoms with Crippen molar-refractivity contribution in [2.24, 2.45) is 0 Å². The van der Waals surface area contributed by atoms with Gasteiger partial charge in [-0.25, -0.2) is 0 Å². The van der Waals surface area contributed by atoms with Gasteiger partial charge in [-0.15, -0.1) is 6.42 Å². The maximum Gasteiger partial charge on any atom is 0.0254 e. The van der Waals surface area contributed by atoms with E-state index in [1.807, 2.05) is 0 Å². The monoisotopic (exact) mass is 212 g/mol. The first-order valence-corrected chi connectivity index (χ1v) is 5.24. The van der Waals surface area contributed by atoms with Crippen LogP contribution in [0.25, 0.3) is 0 Å². The molecule has 60 valence electrons. The van der Waals surface area contributed by atoms with Crippen molar-refractivity contribution < 1.29 is 0 Å². The standard InChI is InChI=1S/C10H13Br/c1-2-9-6-4-3-5-7-10(9)8-11/h1H,3-8H2. The molecule has 0 aliphatic heterocycles. The second kappa shape index (κ2) is 4.62. The highest BCUT2D eigenvalue weighted by Crippen LogP contribution is 2.24. The van der Waals surface area contributed by atoms with E-state index in [1.165, 1.54) is 36.8 Å². The van der Waals surface area contributed by atoms with Crippen LogP contribution in [0.2, 0.25) is 0 Å². The summed E-state index contributed by atoms with van der Waals surface area (Å²) < 4.78 is 0. The summed E-state index contributed by atoms with van der Waals surface area (Å²) in [6.45, 7) is 0. The molecule has 0 saturated carbocycles. The molecule has 0 fully saturated rings. The Kier molecular flexibility index (Phi) is 3.72. The second-order valence-corrected chi connectivity index (χ2v) is 3.48. The Morgan fingerprint density at radius 3 is 2.64 bits per heavy atom. The largest absolute Gasteiger partial charge is 0.115 e. The molecule has 0 atom stereocenters. The molecule has 1 rings (SSSR count). The minimum Gasteiger partial charge on any atom is -0.115 e. The predicted octanol–water partition coefficient (Wildman–Crippen LogP) is 3.28. The zero-order valence-electron chi connectivity index (χ0n) is 6.70. The van der Waals surface area contributed by atoms with Crippen molar-refractivity contribution >= 4 is 15.9 Å². The smallest absolute Gasteiger partial charge is 0.0254 e. The molecule has 1 aliphatic rings. The number of halogens is 1. The SMILES string of the molecule is C#CC1=C(CBr)CCCCC1. The van der Waals surface area contributed by atoms with Crippen LogP contribution in [0.15, 0.2) is 11.1 Å². The minimum absolute atomic E-state index is 0.965. The Labute approximate surface area is 77.2 Å². The van der Waals surface area contributed by atoms with Crippen molar-refractivity contribution in [1.29, 1.82) is 0 Å². The molecule has 0 saturated heterocycles. The highest BCUT2D eigenvalue weighted by atomic mass is 79.9. The minimum atomic E-state index is 0.965. The van der Waals surface area contributed by atoms with Gasteiger partial charge in [-0.2, -0.15) is 0 Å². The summed E-state index contributed by atoms with van der Waals surface area (Å²) in [5.74, 6) is 2.79. The lowest BCUT2D eigenvalue weighted by Gasteiger charge is -2.02. The van der Waals surface area contributed by atoms with E-state index in [0.717, 1.165) is 11.8 Å². The molecule has 0 aromatic carbocycles. The summed E-state index contributed by atoms with van der Waals surface area (Å²) in [5.41, 5.74) is 2.70. The number of allylic oxidation sites excluding steroid dienone is 2. The molecule has 0 N–H and O–H groups in total. The Balaban J connectivity index is 2.74. The third-order valence-corrected chi connectivity index (χ3v) is 2.84. The van der Waals surface area contributed by atoms with Crippen molar-refractivity contribution in [1.82, 2.24) is 0 Å². The van der Waals surface area contributed by atoms with Gasteiger partial charge in [0.15, 0.2) is 0 Å². The molecule has 0 radical (unpaired) electrons. The normalized spacial score (nSPS) is 19.3. The molecule has 1 aliphatic carbocycles. The molecule has 0 aromatic rings. The first kappa shape index (κ1) is 8.87. The number of terminal acetylenes is 1. The molecule has 0 amide bonds. The van der Waals surface area contributed by atoms with E-state index in [0.29, 0.717) is 0 Å². The molecule has 0 spiro atoms. The highest BCUT2D eigenvalue weighted by molar-refractivity contribution is 9.09. The van der Waals surface area contributed by atoms with Gasteiger partial charge in [-0.3, -0.25) is 0 Å².